The summed E-state index contributed by atoms with van der Waals surface area (Å²) in [5.74, 6) is -1.39. The van der Waals surface area contributed by atoms with Gasteiger partial charge in [-0.1, -0.05) is 12.1 Å². The van der Waals surface area contributed by atoms with Crippen LogP contribution in [0.5, 0.6) is 17.2 Å². The second-order valence-electron chi connectivity index (χ2n) is 5.52. The molecule has 3 amide bonds. The topological polar surface area (TPSA) is 141 Å². The third-order valence-corrected chi connectivity index (χ3v) is 3.50. The molecule has 29 heavy (non-hydrogen) atoms. The fraction of sp³-hybridized carbons (Fsp3) is 0.158. The fourth-order valence-corrected chi connectivity index (χ4v) is 2.18. The zero-order valence-electron chi connectivity index (χ0n) is 15.8. The molecule has 0 unspecified atom stereocenters. The van der Waals surface area contributed by atoms with E-state index < -0.39 is 17.7 Å². The molecule has 0 bridgehead atoms. The zero-order valence-corrected chi connectivity index (χ0v) is 15.8. The van der Waals surface area contributed by atoms with Crippen molar-refractivity contribution in [2.45, 2.75) is 0 Å². The molecule has 0 aliphatic carbocycles. The van der Waals surface area contributed by atoms with Crippen LogP contribution in [-0.2, 0) is 14.4 Å². The average Bonchev–Trinajstić information content (AvgIpc) is 2.72. The highest BCUT2D eigenvalue weighted by molar-refractivity contribution is 6.39. The number of ether oxygens (including phenoxy) is 3. The Morgan fingerprint density at radius 1 is 1.00 bits per heavy atom. The van der Waals surface area contributed by atoms with Crippen LogP contribution in [0.4, 0.5) is 5.69 Å². The minimum atomic E-state index is -0.958. The van der Waals surface area contributed by atoms with Crippen molar-refractivity contribution in [3.8, 4) is 17.2 Å². The van der Waals surface area contributed by atoms with E-state index in [4.69, 9.17) is 19.9 Å². The SMILES string of the molecule is COc1ccccc1NC(=O)C(=O)N/N=C/c1ccc(OCC(N)=O)c(OC)c1. The Morgan fingerprint density at radius 3 is 2.41 bits per heavy atom. The summed E-state index contributed by atoms with van der Waals surface area (Å²) in [7, 11) is 2.88. The molecule has 0 aliphatic rings. The molecule has 0 spiro atoms. The summed E-state index contributed by atoms with van der Waals surface area (Å²) >= 11 is 0. The van der Waals surface area contributed by atoms with Crippen molar-refractivity contribution in [1.29, 1.82) is 0 Å². The third kappa shape index (κ3) is 6.24. The van der Waals surface area contributed by atoms with Crippen molar-refractivity contribution in [2.75, 3.05) is 26.1 Å². The Hall–Kier alpha value is -4.08. The minimum Gasteiger partial charge on any atom is -0.495 e. The number of nitrogens with two attached hydrogens (primary N) is 1. The number of para-hydroxylation sites is 2. The first-order chi connectivity index (χ1) is 13.9. The summed E-state index contributed by atoms with van der Waals surface area (Å²) in [5, 5.41) is 6.17. The van der Waals surface area contributed by atoms with Crippen LogP contribution in [-0.4, -0.2) is 44.8 Å². The molecule has 0 saturated heterocycles. The van der Waals surface area contributed by atoms with Crippen molar-refractivity contribution in [3.05, 3.63) is 48.0 Å². The molecular formula is C19H20N4O6. The number of primary amides is 1. The predicted molar refractivity (Wildman–Crippen MR) is 105 cm³/mol. The molecule has 0 atom stereocenters. The van der Waals surface area contributed by atoms with Gasteiger partial charge in [0.1, 0.15) is 5.75 Å². The van der Waals surface area contributed by atoms with E-state index in [0.717, 1.165) is 0 Å². The Bertz CT molecular complexity index is 929. The molecule has 0 aliphatic heterocycles. The van der Waals surface area contributed by atoms with Crippen LogP contribution in [0, 0.1) is 0 Å². The minimum absolute atomic E-state index is 0.291. The molecule has 0 saturated carbocycles. The number of hydrazone groups is 1. The van der Waals surface area contributed by atoms with Gasteiger partial charge in [-0.25, -0.2) is 5.43 Å². The smallest absolute Gasteiger partial charge is 0.329 e. The van der Waals surface area contributed by atoms with Crippen molar-refractivity contribution < 1.29 is 28.6 Å². The van der Waals surface area contributed by atoms with Crippen LogP contribution >= 0.6 is 0 Å². The number of benzene rings is 2. The Kier molecular flexibility index (Phi) is 7.54. The quantitative estimate of drug-likeness (QED) is 0.338. The maximum absolute atomic E-state index is 12.0. The molecule has 0 heterocycles. The summed E-state index contributed by atoms with van der Waals surface area (Å²) in [4.78, 5) is 34.7. The number of carbonyl (C=O) groups excluding carboxylic acids is 3. The van der Waals surface area contributed by atoms with Gasteiger partial charge in [0.25, 0.3) is 5.91 Å². The van der Waals surface area contributed by atoms with Crippen molar-refractivity contribution >= 4 is 29.6 Å². The Balaban J connectivity index is 1.96. The van der Waals surface area contributed by atoms with Gasteiger partial charge >= 0.3 is 11.8 Å². The number of anilines is 1. The van der Waals surface area contributed by atoms with Gasteiger partial charge in [-0.2, -0.15) is 5.10 Å². The predicted octanol–water partition coefficient (Wildman–Crippen LogP) is 0.657. The van der Waals surface area contributed by atoms with Gasteiger partial charge in [-0.05, 0) is 35.9 Å². The standard InChI is InChI=1S/C19H20N4O6/c1-27-14-6-4-3-5-13(14)22-18(25)19(26)23-21-10-12-7-8-15(16(9-12)28-2)29-11-17(20)24/h3-10H,11H2,1-2H3,(H2,20,24)(H,22,25)(H,23,26)/b21-10+. The summed E-state index contributed by atoms with van der Waals surface area (Å²) in [6.45, 7) is -0.291. The molecule has 2 rings (SSSR count). The molecule has 2 aromatic carbocycles. The van der Waals surface area contributed by atoms with E-state index in [9.17, 15) is 14.4 Å². The summed E-state index contributed by atoms with van der Waals surface area (Å²) < 4.78 is 15.5. The van der Waals surface area contributed by atoms with Gasteiger partial charge in [0.2, 0.25) is 0 Å². The first-order valence-electron chi connectivity index (χ1n) is 8.31. The van der Waals surface area contributed by atoms with Crippen LogP contribution in [0.2, 0.25) is 0 Å². The average molecular weight is 400 g/mol. The molecule has 10 heteroatoms. The van der Waals surface area contributed by atoms with Gasteiger partial charge < -0.3 is 25.3 Å². The molecule has 0 aromatic heterocycles. The number of amides is 3. The molecule has 0 fully saturated rings. The first-order valence-corrected chi connectivity index (χ1v) is 8.31. The second kappa shape index (κ2) is 10.3. The van der Waals surface area contributed by atoms with Crippen LogP contribution in [0.1, 0.15) is 5.56 Å². The highest BCUT2D eigenvalue weighted by Gasteiger charge is 2.15. The van der Waals surface area contributed by atoms with Crippen LogP contribution in [0.25, 0.3) is 0 Å². The summed E-state index contributed by atoms with van der Waals surface area (Å²) in [6, 6.07) is 11.4. The third-order valence-electron chi connectivity index (χ3n) is 3.50. The van der Waals surface area contributed by atoms with Crippen molar-refractivity contribution in [2.24, 2.45) is 10.8 Å². The second-order valence-corrected chi connectivity index (χ2v) is 5.52. The molecule has 10 nitrogen and oxygen atoms in total. The largest absolute Gasteiger partial charge is 0.495 e. The van der Waals surface area contributed by atoms with E-state index in [1.165, 1.54) is 20.4 Å². The van der Waals surface area contributed by atoms with E-state index in [1.54, 1.807) is 42.5 Å². The number of nitrogens with zero attached hydrogens (tertiary/aromatic N) is 1. The maximum atomic E-state index is 12.0. The number of hydrogen-bond donors (Lipinski definition) is 3. The van der Waals surface area contributed by atoms with Gasteiger partial charge in [0.15, 0.2) is 18.1 Å². The van der Waals surface area contributed by atoms with E-state index in [0.29, 0.717) is 28.5 Å². The number of carbonyl (C=O) groups is 3. The molecular weight excluding hydrogens is 380 g/mol. The summed E-state index contributed by atoms with van der Waals surface area (Å²) in [5.41, 5.74) is 8.08. The van der Waals surface area contributed by atoms with Gasteiger partial charge in [-0.15, -0.1) is 0 Å². The van der Waals surface area contributed by atoms with Gasteiger partial charge in [-0.3, -0.25) is 14.4 Å². The lowest BCUT2D eigenvalue weighted by molar-refractivity contribution is -0.136. The highest BCUT2D eigenvalue weighted by atomic mass is 16.5. The number of nitrogens with one attached hydrogen (secondary N) is 2. The van der Waals surface area contributed by atoms with E-state index >= 15 is 0 Å². The zero-order chi connectivity index (χ0) is 21.2. The Morgan fingerprint density at radius 2 is 1.72 bits per heavy atom. The fourth-order valence-electron chi connectivity index (χ4n) is 2.18. The van der Waals surface area contributed by atoms with E-state index in [1.807, 2.05) is 0 Å². The Labute approximate surface area is 166 Å². The van der Waals surface area contributed by atoms with Crippen molar-refractivity contribution in [1.82, 2.24) is 5.43 Å². The number of rotatable bonds is 8. The van der Waals surface area contributed by atoms with Gasteiger partial charge in [0, 0.05) is 0 Å². The lowest BCUT2D eigenvalue weighted by Crippen LogP contribution is -2.32. The highest BCUT2D eigenvalue weighted by Crippen LogP contribution is 2.27. The number of hydrogen-bond acceptors (Lipinski definition) is 7. The lowest BCUT2D eigenvalue weighted by Gasteiger charge is -2.10. The normalized spacial score (nSPS) is 10.3. The van der Waals surface area contributed by atoms with E-state index in [-0.39, 0.29) is 6.61 Å². The van der Waals surface area contributed by atoms with Crippen molar-refractivity contribution in [3.63, 3.8) is 0 Å². The molecule has 4 N–H and O–H groups in total. The van der Waals surface area contributed by atoms with Crippen LogP contribution < -0.4 is 30.7 Å². The van der Waals surface area contributed by atoms with Gasteiger partial charge in [0.05, 0.1) is 26.1 Å². The van der Waals surface area contributed by atoms with Crippen LogP contribution in [0.3, 0.4) is 0 Å². The molecule has 2 aromatic rings. The molecule has 152 valence electrons. The van der Waals surface area contributed by atoms with Crippen LogP contribution in [0.15, 0.2) is 47.6 Å². The number of methoxy groups -OCH3 is 2. The maximum Gasteiger partial charge on any atom is 0.329 e. The molecule has 0 radical (unpaired) electrons. The lowest BCUT2D eigenvalue weighted by atomic mass is 10.2. The van der Waals surface area contributed by atoms with E-state index in [2.05, 4.69) is 15.8 Å². The summed E-state index contributed by atoms with van der Waals surface area (Å²) in [6.07, 6.45) is 1.31. The first kappa shape index (κ1) is 21.2. The monoisotopic (exact) mass is 400 g/mol.